The number of rotatable bonds is 75. The van der Waals surface area contributed by atoms with E-state index < -0.39 is 91.5 Å². The maximum Gasteiger partial charge on any atom is 0.472 e. The Labute approximate surface area is 637 Å². The zero-order valence-corrected chi connectivity index (χ0v) is 67.1. The fraction of sp³-hybridized carbons (Fsp3) is 0.644. The first kappa shape index (κ1) is 99.9. The van der Waals surface area contributed by atoms with E-state index in [1.807, 2.05) is 0 Å². The van der Waals surface area contributed by atoms with Gasteiger partial charge in [-0.25, -0.2) is 9.13 Å². The van der Waals surface area contributed by atoms with E-state index in [-0.39, 0.29) is 19.3 Å². The van der Waals surface area contributed by atoms with E-state index in [2.05, 4.69) is 191 Å². The van der Waals surface area contributed by atoms with Crippen molar-refractivity contribution in [1.29, 1.82) is 0 Å². The maximum atomic E-state index is 13.0. The molecule has 0 saturated carbocycles. The summed E-state index contributed by atoms with van der Waals surface area (Å²) in [6.07, 6.45) is 99.5. The number of unbranched alkanes of at least 4 members (excludes halogenated alkanes) is 24. The first-order valence-electron chi connectivity index (χ1n) is 40.4. The highest BCUT2D eigenvalue weighted by Gasteiger charge is 2.29. The largest absolute Gasteiger partial charge is 0.472 e. The monoisotopic (exact) mass is 1510 g/mol. The summed E-state index contributed by atoms with van der Waals surface area (Å²) in [5.74, 6) is -1.61. The highest BCUT2D eigenvalue weighted by atomic mass is 31.2. The average Bonchev–Trinajstić information content (AvgIpc) is 0.941. The highest BCUT2D eigenvalue weighted by molar-refractivity contribution is 7.47. The molecule has 5 unspecified atom stereocenters. The minimum atomic E-state index is -4.95. The minimum absolute atomic E-state index is 0.0817. The van der Waals surface area contributed by atoms with Crippen molar-refractivity contribution in [1.82, 2.24) is 0 Å². The predicted molar refractivity (Wildman–Crippen MR) is 435 cm³/mol. The maximum absolute atomic E-state index is 13.0. The van der Waals surface area contributed by atoms with E-state index in [0.717, 1.165) is 205 Å². The Balaban J connectivity index is 4.68. The topological polar surface area (TPSA) is 231 Å². The van der Waals surface area contributed by atoms with Crippen LogP contribution in [0.4, 0.5) is 0 Å². The lowest BCUT2D eigenvalue weighted by Gasteiger charge is -2.21. The number of phosphoric ester groups is 2. The third kappa shape index (κ3) is 79.8. The van der Waals surface area contributed by atoms with E-state index in [1.54, 1.807) is 0 Å². The lowest BCUT2D eigenvalue weighted by molar-refractivity contribution is -0.161. The molecule has 0 aromatic carbocycles. The molecule has 0 saturated heterocycles. The summed E-state index contributed by atoms with van der Waals surface area (Å²) in [5.41, 5.74) is 0. The number of phosphoric acid groups is 2. The van der Waals surface area contributed by atoms with Crippen LogP contribution in [0.15, 0.2) is 170 Å². The molecule has 0 heterocycles. The van der Waals surface area contributed by atoms with Gasteiger partial charge in [0.05, 0.1) is 26.4 Å². The Kier molecular flexibility index (Phi) is 74.7. The number of ether oxygens (including phenoxy) is 3. The molecule has 0 aliphatic heterocycles. The smallest absolute Gasteiger partial charge is 0.463 e. The van der Waals surface area contributed by atoms with Crippen molar-refractivity contribution in [2.75, 3.05) is 39.6 Å². The molecule has 18 heteroatoms. The second kappa shape index (κ2) is 78.5. The first-order valence-corrected chi connectivity index (χ1v) is 43.4. The molecule has 0 aromatic rings. The SMILES string of the molecule is CC/C=C\C/C=C\C/C=C\C/C=C\C/C=C\C/C=C\CCCCCCCCCCC(=O)OCC(O)COP(=O)(O)OCC(O)COP(=O)(O)OCC(COC(=O)CCCCCCCCC/C=C\C/C=C\C/C=C\C/C=C\C/C=C\CC)OC(=O)CCCCCCCC/C=C\C/C=C\C/C=C\CCCCC. The van der Waals surface area contributed by atoms with Gasteiger partial charge in [-0.15, -0.1) is 0 Å². The number of allylic oxidation sites excluding steroid dienone is 28. The number of hydrogen-bond donors (Lipinski definition) is 4. The molecule has 0 rings (SSSR count). The van der Waals surface area contributed by atoms with Crippen molar-refractivity contribution in [2.45, 2.75) is 322 Å². The third-order valence-corrected chi connectivity index (χ3v) is 18.3. The van der Waals surface area contributed by atoms with Crippen molar-refractivity contribution in [3.05, 3.63) is 170 Å². The van der Waals surface area contributed by atoms with Gasteiger partial charge < -0.3 is 34.2 Å². The Morgan fingerprint density at radius 3 is 0.800 bits per heavy atom. The fourth-order valence-corrected chi connectivity index (χ4v) is 11.9. The molecule has 0 bridgehead atoms. The van der Waals surface area contributed by atoms with Gasteiger partial charge in [0.1, 0.15) is 25.4 Å². The Morgan fingerprint density at radius 1 is 0.276 bits per heavy atom. The number of aliphatic hydroxyl groups is 2. The van der Waals surface area contributed by atoms with Crippen LogP contribution in [0.3, 0.4) is 0 Å². The molecule has 105 heavy (non-hydrogen) atoms. The van der Waals surface area contributed by atoms with Gasteiger partial charge in [0, 0.05) is 19.3 Å². The zero-order chi connectivity index (χ0) is 76.6. The quantitative estimate of drug-likeness (QED) is 0.0146. The van der Waals surface area contributed by atoms with Crippen molar-refractivity contribution in [2.24, 2.45) is 0 Å². The minimum Gasteiger partial charge on any atom is -0.463 e. The van der Waals surface area contributed by atoms with Gasteiger partial charge >= 0.3 is 33.6 Å². The van der Waals surface area contributed by atoms with Crippen molar-refractivity contribution in [3.8, 4) is 0 Å². The van der Waals surface area contributed by atoms with Gasteiger partial charge in [-0.3, -0.25) is 32.5 Å². The molecule has 0 amide bonds. The average molecular weight is 1510 g/mol. The highest BCUT2D eigenvalue weighted by Crippen LogP contribution is 2.45. The van der Waals surface area contributed by atoms with Crippen LogP contribution < -0.4 is 0 Å². The van der Waals surface area contributed by atoms with E-state index >= 15 is 0 Å². The Bertz CT molecular complexity index is 2590. The summed E-state index contributed by atoms with van der Waals surface area (Å²) in [4.78, 5) is 58.8. The van der Waals surface area contributed by atoms with Crippen molar-refractivity contribution < 1.29 is 75.8 Å². The summed E-state index contributed by atoms with van der Waals surface area (Å²) in [6, 6.07) is 0. The zero-order valence-electron chi connectivity index (χ0n) is 65.3. The molecular formula is C87H144O16P2. The van der Waals surface area contributed by atoms with Crippen LogP contribution >= 0.6 is 15.6 Å². The van der Waals surface area contributed by atoms with Crippen molar-refractivity contribution in [3.63, 3.8) is 0 Å². The van der Waals surface area contributed by atoms with Crippen LogP contribution in [0.2, 0.25) is 0 Å². The van der Waals surface area contributed by atoms with Crippen LogP contribution in [-0.2, 0) is 55.8 Å². The second-order valence-corrected chi connectivity index (χ2v) is 29.4. The summed E-state index contributed by atoms with van der Waals surface area (Å²) < 4.78 is 61.2. The lowest BCUT2D eigenvalue weighted by Crippen LogP contribution is -2.30. The van der Waals surface area contributed by atoms with Gasteiger partial charge in [-0.1, -0.05) is 300 Å². The summed E-state index contributed by atoms with van der Waals surface area (Å²) in [5, 5.41) is 20.7. The second-order valence-electron chi connectivity index (χ2n) is 26.5. The van der Waals surface area contributed by atoms with Gasteiger partial charge in [0.25, 0.3) is 0 Å². The lowest BCUT2D eigenvalue weighted by atomic mass is 10.1. The van der Waals surface area contributed by atoms with Crippen LogP contribution in [0.5, 0.6) is 0 Å². The van der Waals surface area contributed by atoms with Crippen LogP contribution in [0.25, 0.3) is 0 Å². The van der Waals surface area contributed by atoms with Gasteiger partial charge in [-0.2, -0.15) is 0 Å². The van der Waals surface area contributed by atoms with E-state index in [1.165, 1.54) is 38.5 Å². The Morgan fingerprint density at radius 2 is 0.505 bits per heavy atom. The molecule has 598 valence electrons. The molecule has 0 fully saturated rings. The standard InChI is InChI=1S/C87H144O16P2/c1-4-7-10-13-16-19-22-25-28-31-34-36-38-39-40-41-43-45-47-49-52-55-58-61-64-67-70-73-85(90)97-76-82(88)77-99-104(93,94)100-78-83(89)79-101-105(95,96)102-81-84(103-87(92)75-72-69-66-63-60-57-54-51-46-33-30-27-24-21-18-15-12-9-6-3)80-98-86(91)74-71-68-65-62-59-56-53-50-48-44-42-37-35-32-29-26-23-20-17-14-11-8-5-2/h7-8,10-11,16-21,25-30,34-37,39-40,43-46,48,51,82-84,88-89H,4-6,9,12-15,22-24,31-33,38,41-42,47,49-50,52-81H2,1-3H3,(H,93,94)(H,95,96)/b10-7-,11-8-,19-16-,20-17-,21-18-,28-25-,29-26-,30-27-,36-34-,37-35-,40-39-,45-43-,48-44-,51-46-. The molecule has 0 aromatic heterocycles. The summed E-state index contributed by atoms with van der Waals surface area (Å²) in [7, 11) is -9.82. The first-order chi connectivity index (χ1) is 51.2. The normalized spacial score (nSPS) is 14.8. The number of hydrogen-bond acceptors (Lipinski definition) is 14. The van der Waals surface area contributed by atoms with Crippen LogP contribution in [-0.4, -0.2) is 95.9 Å². The fourth-order valence-electron chi connectivity index (χ4n) is 10.3. The number of carbonyl (C=O) groups is 3. The molecule has 16 nitrogen and oxygen atoms in total. The van der Waals surface area contributed by atoms with Crippen molar-refractivity contribution >= 4 is 33.6 Å². The predicted octanol–water partition coefficient (Wildman–Crippen LogP) is 24.0. The number of aliphatic hydroxyl groups excluding tert-OH is 2. The number of esters is 3. The van der Waals surface area contributed by atoms with Gasteiger partial charge in [0.15, 0.2) is 6.10 Å². The molecule has 0 radical (unpaired) electrons. The van der Waals surface area contributed by atoms with E-state index in [4.69, 9.17) is 32.3 Å². The molecule has 5 atom stereocenters. The number of carbonyl (C=O) groups excluding carboxylic acids is 3. The molecule has 4 N–H and O–H groups in total. The molecule has 0 aliphatic rings. The third-order valence-electron chi connectivity index (χ3n) is 16.4. The van der Waals surface area contributed by atoms with Crippen LogP contribution in [0, 0.1) is 0 Å². The summed E-state index contributed by atoms with van der Waals surface area (Å²) >= 11 is 0. The summed E-state index contributed by atoms with van der Waals surface area (Å²) in [6.45, 7) is 2.39. The molecule has 0 spiro atoms. The molecule has 0 aliphatic carbocycles. The van der Waals surface area contributed by atoms with E-state index in [0.29, 0.717) is 19.3 Å². The Hall–Kier alpha value is -5.09. The molecular weight excluding hydrogens is 1360 g/mol. The van der Waals surface area contributed by atoms with Crippen LogP contribution in [0.1, 0.15) is 303 Å². The van der Waals surface area contributed by atoms with Gasteiger partial charge in [-0.05, 0) is 154 Å². The van der Waals surface area contributed by atoms with E-state index in [9.17, 15) is 43.5 Å². The van der Waals surface area contributed by atoms with Gasteiger partial charge in [0.2, 0.25) is 0 Å².